The van der Waals surface area contributed by atoms with Crippen LogP contribution in [0.5, 0.6) is 0 Å². The van der Waals surface area contributed by atoms with Crippen molar-refractivity contribution in [3.05, 3.63) is 11.1 Å². The SMILES string of the molecule is CCCC[C@H]1CN2CCC3=C(CCCC3)[C@]2(C)C1. The van der Waals surface area contributed by atoms with Gasteiger partial charge in [0.2, 0.25) is 0 Å². The first-order valence-corrected chi connectivity index (χ1v) is 8.20. The quantitative estimate of drug-likeness (QED) is 0.662. The Labute approximate surface area is 113 Å². The number of hydrogen-bond donors (Lipinski definition) is 0. The number of rotatable bonds is 3. The van der Waals surface area contributed by atoms with Gasteiger partial charge < -0.3 is 0 Å². The molecule has 2 heterocycles. The summed E-state index contributed by atoms with van der Waals surface area (Å²) in [5.74, 6) is 0.976. The van der Waals surface area contributed by atoms with Gasteiger partial charge in [-0.05, 0) is 57.8 Å². The summed E-state index contributed by atoms with van der Waals surface area (Å²) in [6.45, 7) is 7.61. The molecule has 0 radical (unpaired) electrons. The zero-order valence-corrected chi connectivity index (χ0v) is 12.3. The monoisotopic (exact) mass is 247 g/mol. The minimum absolute atomic E-state index is 0.465. The fraction of sp³-hybridized carbons (Fsp3) is 0.882. The third-order valence-corrected chi connectivity index (χ3v) is 5.74. The Morgan fingerprint density at radius 1 is 1.22 bits per heavy atom. The fourth-order valence-corrected chi connectivity index (χ4v) is 4.77. The highest BCUT2D eigenvalue weighted by atomic mass is 15.2. The lowest BCUT2D eigenvalue weighted by Crippen LogP contribution is -2.47. The molecule has 0 amide bonds. The van der Waals surface area contributed by atoms with E-state index in [-0.39, 0.29) is 0 Å². The van der Waals surface area contributed by atoms with Crippen LogP contribution in [0.2, 0.25) is 0 Å². The van der Waals surface area contributed by atoms with Crippen LogP contribution in [0.25, 0.3) is 0 Å². The van der Waals surface area contributed by atoms with E-state index in [0.717, 1.165) is 5.92 Å². The minimum atomic E-state index is 0.465. The number of fused-ring (bicyclic) bond motifs is 2. The number of unbranched alkanes of at least 4 members (excludes halogenated alkanes) is 1. The van der Waals surface area contributed by atoms with Gasteiger partial charge in [-0.25, -0.2) is 0 Å². The molecule has 1 aliphatic carbocycles. The summed E-state index contributed by atoms with van der Waals surface area (Å²) >= 11 is 0. The molecule has 2 atom stereocenters. The summed E-state index contributed by atoms with van der Waals surface area (Å²) in [4.78, 5) is 2.83. The van der Waals surface area contributed by atoms with E-state index in [1.165, 1.54) is 70.9 Å². The maximum atomic E-state index is 2.83. The normalized spacial score (nSPS) is 36.7. The molecule has 102 valence electrons. The van der Waals surface area contributed by atoms with Gasteiger partial charge >= 0.3 is 0 Å². The molecule has 0 N–H and O–H groups in total. The highest BCUT2D eigenvalue weighted by Crippen LogP contribution is 2.48. The average Bonchev–Trinajstić information content (AvgIpc) is 2.73. The van der Waals surface area contributed by atoms with Crippen molar-refractivity contribution in [3.8, 4) is 0 Å². The number of hydrogen-bond acceptors (Lipinski definition) is 1. The van der Waals surface area contributed by atoms with Crippen molar-refractivity contribution in [1.82, 2.24) is 4.90 Å². The molecule has 1 saturated heterocycles. The summed E-state index contributed by atoms with van der Waals surface area (Å²) < 4.78 is 0. The smallest absolute Gasteiger partial charge is 0.0398 e. The predicted molar refractivity (Wildman–Crippen MR) is 77.7 cm³/mol. The molecule has 0 aromatic rings. The standard InChI is InChI=1S/C17H29N/c1-3-4-7-14-12-17(2)16-9-6-5-8-15(16)10-11-18(17)13-14/h14H,3-13H2,1-2H3/t14-,17+/m1/s1. The zero-order chi connectivity index (χ0) is 12.6. The van der Waals surface area contributed by atoms with Crippen LogP contribution in [-0.2, 0) is 0 Å². The van der Waals surface area contributed by atoms with Gasteiger partial charge in [-0.15, -0.1) is 0 Å². The average molecular weight is 247 g/mol. The van der Waals surface area contributed by atoms with Gasteiger partial charge in [0.1, 0.15) is 0 Å². The second kappa shape index (κ2) is 5.00. The van der Waals surface area contributed by atoms with Crippen LogP contribution in [0, 0.1) is 5.92 Å². The van der Waals surface area contributed by atoms with Gasteiger partial charge in [-0.2, -0.15) is 0 Å². The summed E-state index contributed by atoms with van der Waals surface area (Å²) in [7, 11) is 0. The van der Waals surface area contributed by atoms with Crippen molar-refractivity contribution in [2.45, 2.75) is 77.2 Å². The van der Waals surface area contributed by atoms with Crippen molar-refractivity contribution in [1.29, 1.82) is 0 Å². The fourth-order valence-electron chi connectivity index (χ4n) is 4.77. The Morgan fingerprint density at radius 3 is 2.89 bits per heavy atom. The second-order valence-corrected chi connectivity index (χ2v) is 6.97. The van der Waals surface area contributed by atoms with Gasteiger partial charge in [-0.1, -0.05) is 30.9 Å². The van der Waals surface area contributed by atoms with E-state index in [2.05, 4.69) is 18.7 Å². The van der Waals surface area contributed by atoms with E-state index < -0.39 is 0 Å². The molecular formula is C17H29N. The van der Waals surface area contributed by atoms with Gasteiger partial charge in [0, 0.05) is 18.6 Å². The molecule has 1 heteroatoms. The van der Waals surface area contributed by atoms with E-state index in [4.69, 9.17) is 0 Å². The first-order chi connectivity index (χ1) is 8.74. The van der Waals surface area contributed by atoms with Crippen molar-refractivity contribution in [2.24, 2.45) is 5.92 Å². The molecule has 3 rings (SSSR count). The lowest BCUT2D eigenvalue weighted by atomic mass is 9.74. The van der Waals surface area contributed by atoms with Crippen LogP contribution in [-0.4, -0.2) is 23.5 Å². The molecule has 0 aromatic carbocycles. The third kappa shape index (κ3) is 2.05. The van der Waals surface area contributed by atoms with E-state index in [0.29, 0.717) is 5.54 Å². The molecule has 0 aromatic heterocycles. The molecule has 0 saturated carbocycles. The Kier molecular flexibility index (Phi) is 3.53. The summed E-state index contributed by atoms with van der Waals surface area (Å²) in [6, 6.07) is 0. The number of nitrogens with zero attached hydrogens (tertiary/aromatic N) is 1. The molecule has 1 nitrogen and oxygen atoms in total. The molecule has 18 heavy (non-hydrogen) atoms. The second-order valence-electron chi connectivity index (χ2n) is 6.97. The maximum absolute atomic E-state index is 2.83. The Hall–Kier alpha value is -0.300. The molecule has 3 aliphatic rings. The van der Waals surface area contributed by atoms with E-state index in [9.17, 15) is 0 Å². The largest absolute Gasteiger partial charge is 0.294 e. The van der Waals surface area contributed by atoms with Gasteiger partial charge in [-0.3, -0.25) is 4.90 Å². The highest BCUT2D eigenvalue weighted by Gasteiger charge is 2.46. The van der Waals surface area contributed by atoms with Crippen LogP contribution in [0.15, 0.2) is 11.1 Å². The minimum Gasteiger partial charge on any atom is -0.294 e. The van der Waals surface area contributed by atoms with Gasteiger partial charge in [0.25, 0.3) is 0 Å². The highest BCUT2D eigenvalue weighted by molar-refractivity contribution is 5.32. The van der Waals surface area contributed by atoms with Crippen molar-refractivity contribution >= 4 is 0 Å². The van der Waals surface area contributed by atoms with Crippen molar-refractivity contribution in [2.75, 3.05) is 13.1 Å². The summed E-state index contributed by atoms with van der Waals surface area (Å²) in [6.07, 6.45) is 12.8. The topological polar surface area (TPSA) is 3.24 Å². The maximum Gasteiger partial charge on any atom is 0.0398 e. The molecule has 0 bridgehead atoms. The van der Waals surface area contributed by atoms with Crippen LogP contribution >= 0.6 is 0 Å². The van der Waals surface area contributed by atoms with Crippen LogP contribution in [0.1, 0.15) is 71.6 Å². The van der Waals surface area contributed by atoms with Crippen molar-refractivity contribution in [3.63, 3.8) is 0 Å². The first kappa shape index (κ1) is 12.7. The molecule has 1 fully saturated rings. The van der Waals surface area contributed by atoms with Crippen LogP contribution in [0.4, 0.5) is 0 Å². The molecule has 0 spiro atoms. The molecule has 2 aliphatic heterocycles. The van der Waals surface area contributed by atoms with Gasteiger partial charge in [0.15, 0.2) is 0 Å². The van der Waals surface area contributed by atoms with Gasteiger partial charge in [0.05, 0.1) is 0 Å². The van der Waals surface area contributed by atoms with E-state index >= 15 is 0 Å². The Balaban J connectivity index is 1.78. The van der Waals surface area contributed by atoms with Crippen molar-refractivity contribution < 1.29 is 0 Å². The first-order valence-electron chi connectivity index (χ1n) is 8.20. The summed E-state index contributed by atoms with van der Waals surface area (Å²) in [5.41, 5.74) is 4.20. The summed E-state index contributed by atoms with van der Waals surface area (Å²) in [5, 5.41) is 0. The van der Waals surface area contributed by atoms with E-state index in [1.807, 2.05) is 11.1 Å². The Morgan fingerprint density at radius 2 is 2.06 bits per heavy atom. The molecule has 0 unspecified atom stereocenters. The Bertz CT molecular complexity index is 344. The van der Waals surface area contributed by atoms with E-state index in [1.54, 1.807) is 0 Å². The van der Waals surface area contributed by atoms with Crippen LogP contribution < -0.4 is 0 Å². The zero-order valence-electron chi connectivity index (χ0n) is 12.3. The lowest BCUT2D eigenvalue weighted by molar-refractivity contribution is 0.166. The predicted octanol–water partition coefficient (Wildman–Crippen LogP) is 4.53. The lowest BCUT2D eigenvalue weighted by Gasteiger charge is -2.45. The van der Waals surface area contributed by atoms with Crippen LogP contribution in [0.3, 0.4) is 0 Å². The molecular weight excluding hydrogens is 218 g/mol. The third-order valence-electron chi connectivity index (χ3n) is 5.74.